The normalized spacial score (nSPS) is 16.0. The molecule has 7 nitrogen and oxygen atoms in total. The maximum absolute atomic E-state index is 12.6. The first-order valence-corrected chi connectivity index (χ1v) is 9.48. The average Bonchev–Trinajstić information content (AvgIpc) is 2.70. The molecule has 1 heterocycles. The fourth-order valence-corrected chi connectivity index (χ4v) is 3.70. The summed E-state index contributed by atoms with van der Waals surface area (Å²) in [5.41, 5.74) is 3.71. The lowest BCUT2D eigenvalue weighted by atomic mass is 9.90. The van der Waals surface area contributed by atoms with E-state index >= 15 is 0 Å². The summed E-state index contributed by atoms with van der Waals surface area (Å²) in [5.74, 6) is 0.0771. The van der Waals surface area contributed by atoms with E-state index in [1.165, 1.54) is 0 Å². The first kappa shape index (κ1) is 20.7. The van der Waals surface area contributed by atoms with Gasteiger partial charge in [0.05, 0.1) is 27.2 Å². The van der Waals surface area contributed by atoms with Crippen LogP contribution in [0.5, 0.6) is 11.5 Å². The van der Waals surface area contributed by atoms with Crippen molar-refractivity contribution in [3.05, 3.63) is 53.1 Å². The molecule has 0 unspecified atom stereocenters. The summed E-state index contributed by atoms with van der Waals surface area (Å²) in [4.78, 5) is 26.0. The number of amides is 1. The molecule has 0 bridgehead atoms. The Morgan fingerprint density at radius 3 is 2.41 bits per heavy atom. The van der Waals surface area contributed by atoms with Gasteiger partial charge in [0, 0.05) is 18.3 Å². The van der Waals surface area contributed by atoms with E-state index in [1.807, 2.05) is 48.2 Å². The van der Waals surface area contributed by atoms with Crippen LogP contribution in [0.4, 0.5) is 5.69 Å². The highest BCUT2D eigenvalue weighted by atomic mass is 16.5. The monoisotopic (exact) mass is 398 g/mol. The van der Waals surface area contributed by atoms with E-state index in [-0.39, 0.29) is 18.9 Å². The number of fused-ring (bicyclic) bond motifs is 1. The lowest BCUT2D eigenvalue weighted by Crippen LogP contribution is -2.41. The van der Waals surface area contributed by atoms with E-state index in [1.54, 1.807) is 14.2 Å². The molecule has 154 valence electrons. The van der Waals surface area contributed by atoms with Crippen molar-refractivity contribution in [3.63, 3.8) is 0 Å². The molecule has 0 fully saturated rings. The topological polar surface area (TPSA) is 88.1 Å². The van der Waals surface area contributed by atoms with Crippen LogP contribution in [0.1, 0.15) is 29.2 Å². The number of aryl methyl sites for hydroxylation is 1. The lowest BCUT2D eigenvalue weighted by Gasteiger charge is -2.36. The van der Waals surface area contributed by atoms with Gasteiger partial charge in [-0.2, -0.15) is 0 Å². The van der Waals surface area contributed by atoms with Gasteiger partial charge in [-0.05, 0) is 48.7 Å². The maximum atomic E-state index is 12.6. The van der Waals surface area contributed by atoms with Gasteiger partial charge in [-0.3, -0.25) is 14.5 Å². The molecule has 1 atom stereocenters. The van der Waals surface area contributed by atoms with Crippen molar-refractivity contribution in [1.29, 1.82) is 0 Å². The molecule has 0 aliphatic carbocycles. The molecule has 0 aromatic heterocycles. The fourth-order valence-electron chi connectivity index (χ4n) is 3.70. The second-order valence-corrected chi connectivity index (χ2v) is 7.15. The van der Waals surface area contributed by atoms with Crippen LogP contribution in [0.2, 0.25) is 0 Å². The maximum Gasteiger partial charge on any atom is 0.305 e. The first-order chi connectivity index (χ1) is 13.9. The van der Waals surface area contributed by atoms with Gasteiger partial charge >= 0.3 is 5.97 Å². The molecular formula is C22H26N2O5. The smallest absolute Gasteiger partial charge is 0.305 e. The highest BCUT2D eigenvalue weighted by molar-refractivity contribution is 5.92. The van der Waals surface area contributed by atoms with Crippen molar-refractivity contribution >= 4 is 17.6 Å². The number of carboxylic acids is 1. The van der Waals surface area contributed by atoms with E-state index in [0.717, 1.165) is 22.4 Å². The van der Waals surface area contributed by atoms with Gasteiger partial charge in [0.25, 0.3) is 0 Å². The molecule has 3 rings (SSSR count). The Morgan fingerprint density at radius 2 is 1.79 bits per heavy atom. The molecule has 1 amide bonds. The van der Waals surface area contributed by atoms with E-state index in [4.69, 9.17) is 9.47 Å². The molecule has 1 aliphatic rings. The number of methoxy groups -OCH3 is 2. The molecule has 0 radical (unpaired) electrons. The molecule has 1 aliphatic heterocycles. The van der Waals surface area contributed by atoms with Crippen LogP contribution in [0.3, 0.4) is 0 Å². The molecule has 2 aromatic rings. The number of carboxylic acid groups (broad SMARTS) is 1. The minimum absolute atomic E-state index is 0.0969. The average molecular weight is 398 g/mol. The van der Waals surface area contributed by atoms with Crippen LogP contribution in [-0.4, -0.2) is 49.2 Å². The summed E-state index contributed by atoms with van der Waals surface area (Å²) >= 11 is 0. The van der Waals surface area contributed by atoms with Crippen LogP contribution in [0.15, 0.2) is 36.4 Å². The molecule has 0 saturated heterocycles. The van der Waals surface area contributed by atoms with E-state index in [2.05, 4.69) is 5.32 Å². The number of benzene rings is 2. The third kappa shape index (κ3) is 4.86. The quantitative estimate of drug-likeness (QED) is 0.745. The van der Waals surface area contributed by atoms with Crippen LogP contribution >= 0.6 is 0 Å². The van der Waals surface area contributed by atoms with Crippen molar-refractivity contribution in [2.75, 3.05) is 32.6 Å². The van der Waals surface area contributed by atoms with Crippen molar-refractivity contribution in [2.45, 2.75) is 25.8 Å². The summed E-state index contributed by atoms with van der Waals surface area (Å²) in [6.45, 7) is 2.68. The van der Waals surface area contributed by atoms with Gasteiger partial charge in [0.2, 0.25) is 5.91 Å². The van der Waals surface area contributed by atoms with E-state index in [0.29, 0.717) is 24.5 Å². The SMILES string of the molecule is COc1cc2c(cc1OC)[C@@H](CC(=O)O)N(CC(=O)Nc1ccc(C)cc1)CC2. The van der Waals surface area contributed by atoms with Crippen molar-refractivity contribution in [2.24, 2.45) is 0 Å². The Bertz CT molecular complexity index is 895. The highest BCUT2D eigenvalue weighted by Crippen LogP contribution is 2.39. The molecule has 2 aromatic carbocycles. The van der Waals surface area contributed by atoms with Gasteiger partial charge in [-0.15, -0.1) is 0 Å². The Balaban J connectivity index is 1.82. The number of nitrogens with zero attached hydrogens (tertiary/aromatic N) is 1. The Kier molecular flexibility index (Phi) is 6.39. The van der Waals surface area contributed by atoms with Crippen molar-refractivity contribution in [3.8, 4) is 11.5 Å². The zero-order valence-electron chi connectivity index (χ0n) is 16.9. The lowest BCUT2D eigenvalue weighted by molar-refractivity contribution is -0.139. The summed E-state index contributed by atoms with van der Waals surface area (Å²) in [5, 5.41) is 12.3. The zero-order chi connectivity index (χ0) is 21.0. The van der Waals surface area contributed by atoms with Crippen LogP contribution in [0, 0.1) is 6.92 Å². The van der Waals surface area contributed by atoms with Gasteiger partial charge in [-0.25, -0.2) is 0 Å². The zero-order valence-corrected chi connectivity index (χ0v) is 16.9. The van der Waals surface area contributed by atoms with Gasteiger partial charge in [0.1, 0.15) is 0 Å². The third-order valence-electron chi connectivity index (χ3n) is 5.16. The molecular weight excluding hydrogens is 372 g/mol. The Morgan fingerprint density at radius 1 is 1.14 bits per heavy atom. The third-order valence-corrected chi connectivity index (χ3v) is 5.16. The highest BCUT2D eigenvalue weighted by Gasteiger charge is 2.31. The number of hydrogen-bond acceptors (Lipinski definition) is 5. The second-order valence-electron chi connectivity index (χ2n) is 7.15. The van der Waals surface area contributed by atoms with E-state index < -0.39 is 12.0 Å². The van der Waals surface area contributed by atoms with Crippen molar-refractivity contribution in [1.82, 2.24) is 4.90 Å². The van der Waals surface area contributed by atoms with Crippen LogP contribution in [0.25, 0.3) is 0 Å². The summed E-state index contributed by atoms with van der Waals surface area (Å²) in [6, 6.07) is 10.9. The molecule has 0 saturated carbocycles. The number of rotatable bonds is 7. The molecule has 2 N–H and O–H groups in total. The van der Waals surface area contributed by atoms with E-state index in [9.17, 15) is 14.7 Å². The number of ether oxygens (including phenoxy) is 2. The first-order valence-electron chi connectivity index (χ1n) is 9.48. The second kappa shape index (κ2) is 8.96. The molecule has 7 heteroatoms. The number of nitrogens with one attached hydrogen (secondary N) is 1. The fraction of sp³-hybridized carbons (Fsp3) is 0.364. The largest absolute Gasteiger partial charge is 0.493 e. The van der Waals surface area contributed by atoms with Crippen molar-refractivity contribution < 1.29 is 24.2 Å². The summed E-state index contributed by atoms with van der Waals surface area (Å²) < 4.78 is 10.8. The minimum Gasteiger partial charge on any atom is -0.493 e. The van der Waals surface area contributed by atoms with Gasteiger partial charge < -0.3 is 19.9 Å². The molecule has 29 heavy (non-hydrogen) atoms. The number of anilines is 1. The van der Waals surface area contributed by atoms with Gasteiger partial charge in [0.15, 0.2) is 11.5 Å². The number of hydrogen-bond donors (Lipinski definition) is 2. The predicted octanol–water partition coefficient (Wildman–Crippen LogP) is 3.02. The van der Waals surface area contributed by atoms with Crippen LogP contribution < -0.4 is 14.8 Å². The number of carbonyl (C=O) groups excluding carboxylic acids is 1. The number of aliphatic carboxylic acids is 1. The predicted molar refractivity (Wildman–Crippen MR) is 110 cm³/mol. The molecule has 0 spiro atoms. The van der Waals surface area contributed by atoms with Crippen LogP contribution in [-0.2, 0) is 16.0 Å². The Labute approximate surface area is 170 Å². The Hall–Kier alpha value is -3.06. The van der Waals surface area contributed by atoms with Gasteiger partial charge in [-0.1, -0.05) is 17.7 Å². The number of carbonyl (C=O) groups is 2. The summed E-state index contributed by atoms with van der Waals surface area (Å²) in [7, 11) is 3.12. The summed E-state index contributed by atoms with van der Waals surface area (Å²) in [6.07, 6.45) is 0.601. The minimum atomic E-state index is -0.915. The standard InChI is InChI=1S/C22H26N2O5/c1-14-4-6-16(7-5-14)23-21(25)13-24-9-8-15-10-19(28-2)20(29-3)11-17(15)18(24)12-22(26)27/h4-7,10-11,18H,8-9,12-13H2,1-3H3,(H,23,25)(H,26,27)/t18-/m1/s1.